The van der Waals surface area contributed by atoms with Gasteiger partial charge in [-0.15, -0.1) is 11.3 Å². The summed E-state index contributed by atoms with van der Waals surface area (Å²) in [6, 6.07) is 24.7. The molecule has 3 aromatic carbocycles. The van der Waals surface area contributed by atoms with Crippen molar-refractivity contribution in [2.75, 3.05) is 10.2 Å². The third-order valence-electron chi connectivity index (χ3n) is 6.12. The molecule has 10 heteroatoms. The van der Waals surface area contributed by atoms with Gasteiger partial charge in [-0.05, 0) is 78.8 Å². The van der Waals surface area contributed by atoms with Crippen LogP contribution < -0.4 is 10.2 Å². The van der Waals surface area contributed by atoms with Gasteiger partial charge in [0.2, 0.25) is 0 Å². The van der Waals surface area contributed by atoms with Gasteiger partial charge in [-0.2, -0.15) is 5.26 Å². The number of benzene rings is 3. The van der Waals surface area contributed by atoms with Crippen LogP contribution in [0.1, 0.15) is 32.0 Å². The molecule has 8 nitrogen and oxygen atoms in total. The fourth-order valence-corrected chi connectivity index (χ4v) is 6.27. The molecule has 0 radical (unpaired) electrons. The van der Waals surface area contributed by atoms with Crippen LogP contribution in [0.15, 0.2) is 98.3 Å². The third kappa shape index (κ3) is 4.80. The highest BCUT2D eigenvalue weighted by Crippen LogP contribution is 2.38. The lowest BCUT2D eigenvalue weighted by Crippen LogP contribution is -2.29. The van der Waals surface area contributed by atoms with Crippen molar-refractivity contribution in [2.45, 2.75) is 16.4 Å². The van der Waals surface area contributed by atoms with E-state index in [9.17, 15) is 19.6 Å². The Labute approximate surface area is 236 Å². The van der Waals surface area contributed by atoms with E-state index in [0.29, 0.717) is 37.7 Å². The van der Waals surface area contributed by atoms with E-state index < -0.39 is 5.91 Å². The van der Waals surface area contributed by atoms with Gasteiger partial charge in [-0.1, -0.05) is 24.3 Å². The first-order chi connectivity index (χ1) is 19.4. The normalized spacial score (nSPS) is 13.0. The Hall–Kier alpha value is -4.98. The van der Waals surface area contributed by atoms with Gasteiger partial charge in [0.15, 0.2) is 9.43 Å². The molecule has 194 valence electrons. The highest BCUT2D eigenvalue weighted by molar-refractivity contribution is 8.01. The summed E-state index contributed by atoms with van der Waals surface area (Å²) >= 11 is 2.69. The molecule has 6 rings (SSSR count). The molecule has 1 aliphatic rings. The number of carbonyl (C=O) groups excluding carboxylic acids is 3. The van der Waals surface area contributed by atoms with Gasteiger partial charge in [0.25, 0.3) is 17.7 Å². The van der Waals surface area contributed by atoms with Gasteiger partial charge in [-0.3, -0.25) is 14.4 Å². The monoisotopic (exact) mass is 562 g/mol. The number of aryl methyl sites for hydroxylation is 1. The summed E-state index contributed by atoms with van der Waals surface area (Å²) in [5.74, 6) is -0.870. The maximum atomic E-state index is 12.9. The predicted octanol–water partition coefficient (Wildman–Crippen LogP) is 6.70. The Bertz CT molecular complexity index is 1880. The van der Waals surface area contributed by atoms with E-state index in [1.165, 1.54) is 34.1 Å². The molecule has 0 unspecified atom stereocenters. The van der Waals surface area contributed by atoms with Crippen molar-refractivity contribution < 1.29 is 18.8 Å². The zero-order valence-electron chi connectivity index (χ0n) is 20.9. The van der Waals surface area contributed by atoms with Crippen LogP contribution in [0, 0.1) is 18.3 Å². The van der Waals surface area contributed by atoms with Crippen LogP contribution >= 0.6 is 23.1 Å². The Balaban J connectivity index is 1.18. The number of nitrogens with zero attached hydrogens (tertiary/aromatic N) is 3. The van der Waals surface area contributed by atoms with Crippen molar-refractivity contribution in [1.29, 1.82) is 5.26 Å². The minimum Gasteiger partial charge on any atom is -0.450 e. The summed E-state index contributed by atoms with van der Waals surface area (Å²) in [7, 11) is 0. The molecule has 1 N–H and O–H groups in total. The molecule has 3 heterocycles. The van der Waals surface area contributed by atoms with Crippen LogP contribution in [0.4, 0.5) is 11.4 Å². The smallest absolute Gasteiger partial charge is 0.266 e. The number of imide groups is 1. The van der Waals surface area contributed by atoms with E-state index in [2.05, 4.69) is 10.3 Å². The standard InChI is InChI=1S/C30H18N4O4S2/c1-17-5-4-6-19(13-17)32-27(35)18(16-31)14-21-10-12-26(38-21)40-30-33-24-11-9-20(15-25(24)39-30)34-28(36)22-7-2-3-8-23(22)29(34)37/h2-15H,1H3,(H,32,35)/b18-14+. The molecule has 0 spiro atoms. The van der Waals surface area contributed by atoms with Crippen molar-refractivity contribution in [3.8, 4) is 6.07 Å². The van der Waals surface area contributed by atoms with Crippen LogP contribution in [0.2, 0.25) is 0 Å². The van der Waals surface area contributed by atoms with Gasteiger partial charge in [0.1, 0.15) is 17.4 Å². The first-order valence-electron chi connectivity index (χ1n) is 12.1. The molecule has 3 amide bonds. The number of anilines is 2. The van der Waals surface area contributed by atoms with Gasteiger partial charge in [0, 0.05) is 11.8 Å². The highest BCUT2D eigenvalue weighted by Gasteiger charge is 2.36. The van der Waals surface area contributed by atoms with E-state index >= 15 is 0 Å². The lowest BCUT2D eigenvalue weighted by Gasteiger charge is -2.13. The Kier molecular flexibility index (Phi) is 6.51. The summed E-state index contributed by atoms with van der Waals surface area (Å²) in [5.41, 5.74) is 3.49. The van der Waals surface area contributed by atoms with Crippen molar-refractivity contribution in [2.24, 2.45) is 0 Å². The summed E-state index contributed by atoms with van der Waals surface area (Å²) in [6.07, 6.45) is 1.39. The second kappa shape index (κ2) is 10.3. The average Bonchev–Trinajstić information content (AvgIpc) is 3.63. The highest BCUT2D eigenvalue weighted by atomic mass is 32.2. The fraction of sp³-hybridized carbons (Fsp3) is 0.0333. The number of amides is 3. The van der Waals surface area contributed by atoms with Gasteiger partial charge >= 0.3 is 0 Å². The molecule has 0 bridgehead atoms. The summed E-state index contributed by atoms with van der Waals surface area (Å²) < 4.78 is 7.33. The first-order valence-corrected chi connectivity index (χ1v) is 13.7. The molecule has 40 heavy (non-hydrogen) atoms. The maximum absolute atomic E-state index is 12.9. The summed E-state index contributed by atoms with van der Waals surface area (Å²) in [4.78, 5) is 44.1. The van der Waals surface area contributed by atoms with E-state index in [1.54, 1.807) is 60.7 Å². The number of hydrogen-bond donors (Lipinski definition) is 1. The number of aromatic nitrogens is 1. The number of nitriles is 1. The number of hydrogen-bond acceptors (Lipinski definition) is 8. The van der Waals surface area contributed by atoms with Crippen molar-refractivity contribution in [3.05, 3.63) is 107 Å². The Morgan fingerprint density at radius 2 is 1.80 bits per heavy atom. The lowest BCUT2D eigenvalue weighted by molar-refractivity contribution is -0.112. The van der Waals surface area contributed by atoms with Gasteiger partial charge in [-0.25, -0.2) is 9.88 Å². The van der Waals surface area contributed by atoms with Crippen LogP contribution in [-0.4, -0.2) is 22.7 Å². The molecule has 0 atom stereocenters. The van der Waals surface area contributed by atoms with E-state index in [4.69, 9.17) is 4.42 Å². The summed E-state index contributed by atoms with van der Waals surface area (Å²) in [5, 5.41) is 12.8. The Morgan fingerprint density at radius 3 is 2.52 bits per heavy atom. The van der Waals surface area contributed by atoms with E-state index in [1.807, 2.05) is 31.2 Å². The predicted molar refractivity (Wildman–Crippen MR) is 153 cm³/mol. The molecule has 0 saturated carbocycles. The molecule has 2 aromatic heterocycles. The number of furan rings is 1. The third-order valence-corrected chi connectivity index (χ3v) is 8.12. The number of rotatable bonds is 6. The molecule has 5 aromatic rings. The number of fused-ring (bicyclic) bond motifs is 2. The molecule has 0 fully saturated rings. The quantitative estimate of drug-likeness (QED) is 0.139. The van der Waals surface area contributed by atoms with Crippen molar-refractivity contribution >= 4 is 68.5 Å². The largest absolute Gasteiger partial charge is 0.450 e. The van der Waals surface area contributed by atoms with Gasteiger partial charge < -0.3 is 9.73 Å². The van der Waals surface area contributed by atoms with Crippen molar-refractivity contribution in [1.82, 2.24) is 4.98 Å². The van der Waals surface area contributed by atoms with E-state index in [0.717, 1.165) is 15.8 Å². The molecule has 0 saturated heterocycles. The lowest BCUT2D eigenvalue weighted by atomic mass is 10.1. The topological polar surface area (TPSA) is 116 Å². The number of thiazole rings is 1. The zero-order valence-corrected chi connectivity index (χ0v) is 22.5. The van der Waals surface area contributed by atoms with Crippen molar-refractivity contribution in [3.63, 3.8) is 0 Å². The second-order valence-electron chi connectivity index (χ2n) is 8.88. The van der Waals surface area contributed by atoms with Crippen LogP contribution in [0.3, 0.4) is 0 Å². The molecule has 0 aliphatic carbocycles. The maximum Gasteiger partial charge on any atom is 0.266 e. The molecular formula is C30H18N4O4S2. The Morgan fingerprint density at radius 1 is 1.02 bits per heavy atom. The van der Waals surface area contributed by atoms with Gasteiger partial charge in [0.05, 0.1) is 27.0 Å². The average molecular weight is 563 g/mol. The van der Waals surface area contributed by atoms with Crippen LogP contribution in [0.25, 0.3) is 16.3 Å². The molecule has 1 aliphatic heterocycles. The second-order valence-corrected chi connectivity index (χ2v) is 11.2. The SMILES string of the molecule is Cc1cccc(NC(=O)/C(C#N)=C/c2ccc(Sc3nc4ccc(N5C(=O)c6ccccc6C5=O)cc4s3)o2)c1. The zero-order chi connectivity index (χ0) is 27.8. The first kappa shape index (κ1) is 25.3. The van der Waals surface area contributed by atoms with Crippen LogP contribution in [-0.2, 0) is 4.79 Å². The number of carbonyl (C=O) groups is 3. The van der Waals surface area contributed by atoms with E-state index in [-0.39, 0.29) is 17.4 Å². The fourth-order valence-electron chi connectivity index (χ4n) is 4.26. The number of nitrogens with one attached hydrogen (secondary N) is 1. The minimum atomic E-state index is -0.529. The summed E-state index contributed by atoms with van der Waals surface area (Å²) in [6.45, 7) is 1.91. The van der Waals surface area contributed by atoms with Crippen LogP contribution in [0.5, 0.6) is 0 Å². The minimum absolute atomic E-state index is 0.0897. The molecular weight excluding hydrogens is 544 g/mol.